The Balaban J connectivity index is 1.72. The molecule has 0 aliphatic rings. The standard InChI is InChI=1S/C25H20O6/c1-28-19-12-13-21-20(14-19)23(26)22(25(27)29-2)24(31-21)17-8-10-18(11-9-17)30-15-16-6-4-3-5-7-16/h3-14H,15H2,1-2H3. The van der Waals surface area contributed by atoms with Crippen molar-refractivity contribution in [2.24, 2.45) is 0 Å². The number of ether oxygens (including phenoxy) is 3. The molecule has 4 rings (SSSR count). The lowest BCUT2D eigenvalue weighted by Gasteiger charge is -2.11. The van der Waals surface area contributed by atoms with Crippen LogP contribution in [0.5, 0.6) is 11.5 Å². The number of esters is 1. The van der Waals surface area contributed by atoms with E-state index in [2.05, 4.69) is 0 Å². The number of carbonyl (C=O) groups excluding carboxylic acids is 1. The first-order valence-corrected chi connectivity index (χ1v) is 9.61. The molecule has 0 saturated carbocycles. The molecule has 6 heteroatoms. The van der Waals surface area contributed by atoms with Gasteiger partial charge in [-0.2, -0.15) is 0 Å². The van der Waals surface area contributed by atoms with Crippen molar-refractivity contribution in [3.8, 4) is 22.8 Å². The maximum atomic E-state index is 13.1. The highest BCUT2D eigenvalue weighted by Gasteiger charge is 2.23. The van der Waals surface area contributed by atoms with Gasteiger partial charge in [-0.15, -0.1) is 0 Å². The van der Waals surface area contributed by atoms with Crippen molar-refractivity contribution in [2.75, 3.05) is 14.2 Å². The van der Waals surface area contributed by atoms with Crippen LogP contribution in [-0.4, -0.2) is 20.2 Å². The third-order valence-corrected chi connectivity index (χ3v) is 4.85. The predicted octanol–water partition coefficient (Wildman–Crippen LogP) is 4.83. The van der Waals surface area contributed by atoms with Gasteiger partial charge in [-0.25, -0.2) is 4.79 Å². The number of hydrogen-bond acceptors (Lipinski definition) is 6. The van der Waals surface area contributed by atoms with E-state index < -0.39 is 11.4 Å². The maximum absolute atomic E-state index is 13.1. The summed E-state index contributed by atoms with van der Waals surface area (Å²) in [5.74, 6) is 0.519. The Bertz CT molecular complexity index is 1270. The summed E-state index contributed by atoms with van der Waals surface area (Å²) in [6.45, 7) is 0.431. The fraction of sp³-hybridized carbons (Fsp3) is 0.120. The highest BCUT2D eigenvalue weighted by atomic mass is 16.5. The lowest BCUT2D eigenvalue weighted by Crippen LogP contribution is -2.18. The number of fused-ring (bicyclic) bond motifs is 1. The van der Waals surface area contributed by atoms with E-state index in [0.29, 0.717) is 29.3 Å². The topological polar surface area (TPSA) is 75.0 Å². The summed E-state index contributed by atoms with van der Waals surface area (Å²) in [6.07, 6.45) is 0. The fourth-order valence-corrected chi connectivity index (χ4v) is 3.24. The molecule has 0 atom stereocenters. The number of methoxy groups -OCH3 is 2. The smallest absolute Gasteiger partial charge is 0.345 e. The molecule has 1 aromatic heterocycles. The second-order valence-corrected chi connectivity index (χ2v) is 6.79. The van der Waals surface area contributed by atoms with Crippen molar-refractivity contribution in [1.29, 1.82) is 0 Å². The molecule has 4 aromatic rings. The molecular weight excluding hydrogens is 396 g/mol. The van der Waals surface area contributed by atoms with E-state index in [1.54, 1.807) is 36.4 Å². The van der Waals surface area contributed by atoms with Gasteiger partial charge in [-0.3, -0.25) is 4.79 Å². The summed E-state index contributed by atoms with van der Waals surface area (Å²) < 4.78 is 21.8. The summed E-state index contributed by atoms with van der Waals surface area (Å²) in [6, 6.07) is 21.7. The molecule has 0 bridgehead atoms. The second-order valence-electron chi connectivity index (χ2n) is 6.79. The molecule has 0 radical (unpaired) electrons. The SMILES string of the molecule is COC(=O)c1c(-c2ccc(OCc3ccccc3)cc2)oc2ccc(OC)cc2c1=O. The average Bonchev–Trinajstić information content (AvgIpc) is 2.83. The van der Waals surface area contributed by atoms with Gasteiger partial charge in [-0.05, 0) is 48.0 Å². The highest BCUT2D eigenvalue weighted by molar-refractivity contribution is 5.99. The van der Waals surface area contributed by atoms with Gasteiger partial charge in [0.1, 0.15) is 23.7 Å². The van der Waals surface area contributed by atoms with Gasteiger partial charge in [0.15, 0.2) is 11.3 Å². The van der Waals surface area contributed by atoms with E-state index in [0.717, 1.165) is 5.56 Å². The zero-order valence-corrected chi connectivity index (χ0v) is 17.1. The summed E-state index contributed by atoms with van der Waals surface area (Å²) in [7, 11) is 2.72. The fourth-order valence-electron chi connectivity index (χ4n) is 3.24. The zero-order valence-electron chi connectivity index (χ0n) is 17.1. The van der Waals surface area contributed by atoms with Crippen LogP contribution in [0.4, 0.5) is 0 Å². The van der Waals surface area contributed by atoms with Crippen LogP contribution in [0.25, 0.3) is 22.3 Å². The molecule has 156 valence electrons. The van der Waals surface area contributed by atoms with Gasteiger partial charge in [0, 0.05) is 5.56 Å². The summed E-state index contributed by atoms with van der Waals surface area (Å²) in [5.41, 5.74) is 1.31. The Labute approximate surface area is 178 Å². The van der Waals surface area contributed by atoms with Gasteiger partial charge >= 0.3 is 5.97 Å². The molecule has 6 nitrogen and oxygen atoms in total. The summed E-state index contributed by atoms with van der Waals surface area (Å²) in [5, 5.41) is 0.242. The van der Waals surface area contributed by atoms with E-state index in [4.69, 9.17) is 18.6 Å². The van der Waals surface area contributed by atoms with Crippen molar-refractivity contribution in [1.82, 2.24) is 0 Å². The van der Waals surface area contributed by atoms with Crippen molar-refractivity contribution >= 4 is 16.9 Å². The molecule has 0 fully saturated rings. The minimum absolute atomic E-state index is 0.143. The first-order valence-electron chi connectivity index (χ1n) is 9.61. The van der Waals surface area contributed by atoms with E-state index in [1.807, 2.05) is 30.3 Å². The molecule has 0 N–H and O–H groups in total. The summed E-state index contributed by atoms with van der Waals surface area (Å²) >= 11 is 0. The number of carbonyl (C=O) groups is 1. The van der Waals surface area contributed by atoms with Gasteiger partial charge in [0.05, 0.1) is 19.6 Å². The third-order valence-electron chi connectivity index (χ3n) is 4.85. The van der Waals surface area contributed by atoms with Crippen LogP contribution in [0.2, 0.25) is 0 Å². The maximum Gasteiger partial charge on any atom is 0.345 e. The largest absolute Gasteiger partial charge is 0.497 e. The molecule has 0 spiro atoms. The predicted molar refractivity (Wildman–Crippen MR) is 117 cm³/mol. The van der Waals surface area contributed by atoms with E-state index >= 15 is 0 Å². The van der Waals surface area contributed by atoms with Gasteiger partial charge in [-0.1, -0.05) is 30.3 Å². The molecule has 0 amide bonds. The lowest BCUT2D eigenvalue weighted by molar-refractivity contribution is 0.0598. The van der Waals surface area contributed by atoms with Crippen molar-refractivity contribution < 1.29 is 23.4 Å². The van der Waals surface area contributed by atoms with Crippen LogP contribution >= 0.6 is 0 Å². The molecule has 0 aliphatic heterocycles. The Morgan fingerprint density at radius 2 is 1.61 bits per heavy atom. The number of hydrogen-bond donors (Lipinski definition) is 0. The van der Waals surface area contributed by atoms with Crippen LogP contribution < -0.4 is 14.9 Å². The second kappa shape index (κ2) is 8.75. The van der Waals surface area contributed by atoms with Crippen molar-refractivity contribution in [3.63, 3.8) is 0 Å². The Morgan fingerprint density at radius 1 is 0.903 bits per heavy atom. The Hall–Kier alpha value is -4.06. The van der Waals surface area contributed by atoms with Crippen molar-refractivity contribution in [3.05, 3.63) is 94.1 Å². The average molecular weight is 416 g/mol. The number of rotatable bonds is 6. The molecular formula is C25H20O6. The lowest BCUT2D eigenvalue weighted by atomic mass is 10.0. The van der Waals surface area contributed by atoms with Gasteiger partial charge < -0.3 is 18.6 Å². The minimum atomic E-state index is -0.766. The third kappa shape index (κ3) is 4.14. The van der Waals surface area contributed by atoms with E-state index in [9.17, 15) is 9.59 Å². The van der Waals surface area contributed by atoms with Gasteiger partial charge in [0.25, 0.3) is 0 Å². The zero-order chi connectivity index (χ0) is 21.8. The molecule has 0 saturated heterocycles. The van der Waals surface area contributed by atoms with Gasteiger partial charge in [0.2, 0.25) is 5.43 Å². The monoisotopic (exact) mass is 416 g/mol. The summed E-state index contributed by atoms with van der Waals surface area (Å²) in [4.78, 5) is 25.5. The number of benzene rings is 3. The van der Waals surface area contributed by atoms with Crippen molar-refractivity contribution in [2.45, 2.75) is 6.61 Å². The molecule has 3 aromatic carbocycles. The Kier molecular flexibility index (Phi) is 5.71. The van der Waals surface area contributed by atoms with Crippen LogP contribution in [0, 0.1) is 0 Å². The first-order chi connectivity index (χ1) is 15.1. The Morgan fingerprint density at radius 3 is 2.29 bits per heavy atom. The first kappa shape index (κ1) is 20.2. The minimum Gasteiger partial charge on any atom is -0.497 e. The van der Waals surface area contributed by atoms with Crippen LogP contribution in [0.1, 0.15) is 15.9 Å². The van der Waals surface area contributed by atoms with Crippen LogP contribution in [0.3, 0.4) is 0 Å². The normalized spacial score (nSPS) is 10.6. The van der Waals surface area contributed by atoms with E-state index in [-0.39, 0.29) is 16.7 Å². The molecule has 0 unspecified atom stereocenters. The molecule has 31 heavy (non-hydrogen) atoms. The van der Waals surface area contributed by atoms with Crippen LogP contribution in [-0.2, 0) is 11.3 Å². The van der Waals surface area contributed by atoms with E-state index in [1.165, 1.54) is 20.3 Å². The molecule has 1 heterocycles. The molecule has 0 aliphatic carbocycles. The highest BCUT2D eigenvalue weighted by Crippen LogP contribution is 2.29. The van der Waals surface area contributed by atoms with Crippen LogP contribution in [0.15, 0.2) is 82.0 Å². The quantitative estimate of drug-likeness (QED) is 0.419.